The first-order chi connectivity index (χ1) is 17.1. The number of benzene rings is 2. The number of hydrogen-bond acceptors (Lipinski definition) is 7. The molecule has 0 saturated carbocycles. The van der Waals surface area contributed by atoms with Gasteiger partial charge in [0.1, 0.15) is 17.3 Å². The molecule has 2 aromatic carbocycles. The summed E-state index contributed by atoms with van der Waals surface area (Å²) in [6.07, 6.45) is 2.61. The number of fused-ring (bicyclic) bond motifs is 3. The van der Waals surface area contributed by atoms with Gasteiger partial charge >= 0.3 is 0 Å². The average molecular weight is 479 g/mol. The quantitative estimate of drug-likeness (QED) is 0.663. The minimum absolute atomic E-state index is 0.00145. The molecule has 2 atom stereocenters. The van der Waals surface area contributed by atoms with Gasteiger partial charge in [0.25, 0.3) is 0 Å². The fourth-order valence-electron chi connectivity index (χ4n) is 5.66. The lowest BCUT2D eigenvalue weighted by Crippen LogP contribution is -2.50. The van der Waals surface area contributed by atoms with Gasteiger partial charge in [0.05, 0.1) is 39.1 Å². The number of amidine groups is 1. The number of aryl methyl sites for hydroxylation is 1. The molecule has 0 radical (unpaired) electrons. The maximum absolute atomic E-state index is 12.8. The van der Waals surface area contributed by atoms with Gasteiger partial charge in [-0.3, -0.25) is 14.7 Å². The largest absolute Gasteiger partial charge is 0.496 e. The lowest BCUT2D eigenvalue weighted by atomic mass is 9.78. The standard InChI is InChI=1S/C27H34N4O4/c1-34-24-6-4-3-5-23(24)31-11-9-30(10-12-31)16-27(33)29-26-15-21-20-14-25(35-2)19(17-32)13-18(20)7-8-22(21)28-26/h3-6,13-14,21-22,32H,7-12,15-17H2,1-2H3,(H,28,29,33)/t21-,22+/m0/s1. The number of carbonyl (C=O) groups is 1. The Morgan fingerprint density at radius 3 is 2.63 bits per heavy atom. The van der Waals surface area contributed by atoms with Crippen molar-refractivity contribution < 1.29 is 19.4 Å². The predicted molar refractivity (Wildman–Crippen MR) is 136 cm³/mol. The average Bonchev–Trinajstić information content (AvgIpc) is 3.31. The van der Waals surface area contributed by atoms with Crippen LogP contribution in [0.3, 0.4) is 0 Å². The normalized spacial score (nSPS) is 21.7. The first kappa shape index (κ1) is 23.6. The van der Waals surface area contributed by atoms with E-state index in [1.165, 1.54) is 11.1 Å². The predicted octanol–water partition coefficient (Wildman–Crippen LogP) is 2.34. The minimum Gasteiger partial charge on any atom is -0.496 e. The first-order valence-electron chi connectivity index (χ1n) is 12.4. The lowest BCUT2D eigenvalue weighted by molar-refractivity contribution is -0.120. The molecular weight excluding hydrogens is 444 g/mol. The molecule has 3 aliphatic rings. The number of amides is 1. The fraction of sp³-hybridized carbons (Fsp3) is 0.481. The van der Waals surface area contributed by atoms with Crippen molar-refractivity contribution in [1.82, 2.24) is 10.2 Å². The van der Waals surface area contributed by atoms with E-state index in [9.17, 15) is 9.90 Å². The van der Waals surface area contributed by atoms with Crippen LogP contribution in [-0.4, -0.2) is 74.7 Å². The molecule has 0 bridgehead atoms. The summed E-state index contributed by atoms with van der Waals surface area (Å²) in [6.45, 7) is 3.70. The maximum atomic E-state index is 12.8. The molecule has 2 aromatic rings. The SMILES string of the molecule is COc1cc2c(cc1CO)CC[C@H]1N=C(NC(=O)CN3CCN(c4ccccc4OC)CC3)C[C@@H]21. The summed E-state index contributed by atoms with van der Waals surface area (Å²) < 4.78 is 11.0. The first-order valence-corrected chi connectivity index (χ1v) is 12.4. The van der Waals surface area contributed by atoms with Gasteiger partial charge in [-0.1, -0.05) is 12.1 Å². The zero-order chi connectivity index (χ0) is 24.4. The molecule has 0 unspecified atom stereocenters. The van der Waals surface area contributed by atoms with Gasteiger partial charge in [-0.05, 0) is 48.2 Å². The van der Waals surface area contributed by atoms with Gasteiger partial charge in [0.15, 0.2) is 0 Å². The second-order valence-corrected chi connectivity index (χ2v) is 9.50. The smallest absolute Gasteiger partial charge is 0.239 e. The summed E-state index contributed by atoms with van der Waals surface area (Å²) in [5.41, 5.74) is 4.41. The van der Waals surface area contributed by atoms with Crippen LogP contribution in [-0.2, 0) is 17.8 Å². The summed E-state index contributed by atoms with van der Waals surface area (Å²) >= 11 is 0. The molecule has 2 aliphatic heterocycles. The molecule has 8 nitrogen and oxygen atoms in total. The molecular formula is C27H34N4O4. The second-order valence-electron chi connectivity index (χ2n) is 9.50. The van der Waals surface area contributed by atoms with Crippen LogP contribution in [0.5, 0.6) is 11.5 Å². The van der Waals surface area contributed by atoms with E-state index in [0.29, 0.717) is 6.54 Å². The number of ether oxygens (including phenoxy) is 2. The topological polar surface area (TPSA) is 86.6 Å². The lowest BCUT2D eigenvalue weighted by Gasteiger charge is -2.36. The Morgan fingerprint density at radius 1 is 1.11 bits per heavy atom. The van der Waals surface area contributed by atoms with Gasteiger partial charge in [0.2, 0.25) is 5.91 Å². The number of aliphatic imine (C=N–C) groups is 1. The third-order valence-corrected chi connectivity index (χ3v) is 7.47. The van der Waals surface area contributed by atoms with Crippen LogP contribution in [0.2, 0.25) is 0 Å². The number of aliphatic hydroxyl groups is 1. The zero-order valence-corrected chi connectivity index (χ0v) is 20.5. The van der Waals surface area contributed by atoms with Crippen molar-refractivity contribution in [3.05, 3.63) is 53.1 Å². The number of methoxy groups -OCH3 is 2. The van der Waals surface area contributed by atoms with E-state index in [1.807, 2.05) is 18.2 Å². The molecule has 1 aliphatic carbocycles. The molecule has 1 fully saturated rings. The zero-order valence-electron chi connectivity index (χ0n) is 20.5. The molecule has 186 valence electrons. The van der Waals surface area contributed by atoms with Gasteiger partial charge < -0.3 is 24.8 Å². The van der Waals surface area contributed by atoms with Crippen LogP contribution < -0.4 is 19.7 Å². The van der Waals surface area contributed by atoms with Gasteiger partial charge in [-0.25, -0.2) is 0 Å². The van der Waals surface area contributed by atoms with E-state index in [1.54, 1.807) is 14.2 Å². The van der Waals surface area contributed by atoms with E-state index < -0.39 is 0 Å². The van der Waals surface area contributed by atoms with Crippen LogP contribution in [0.1, 0.15) is 35.4 Å². The van der Waals surface area contributed by atoms with Crippen LogP contribution in [0.25, 0.3) is 0 Å². The minimum atomic E-state index is -0.0322. The highest BCUT2D eigenvalue weighted by Gasteiger charge is 2.36. The highest BCUT2D eigenvalue weighted by Crippen LogP contribution is 2.42. The van der Waals surface area contributed by atoms with Crippen LogP contribution in [0.15, 0.2) is 41.4 Å². The van der Waals surface area contributed by atoms with Crippen molar-refractivity contribution in [2.45, 2.75) is 37.8 Å². The molecule has 5 rings (SSSR count). The van der Waals surface area contributed by atoms with Crippen molar-refractivity contribution in [1.29, 1.82) is 0 Å². The summed E-state index contributed by atoms with van der Waals surface area (Å²) in [5, 5.41) is 12.7. The summed E-state index contributed by atoms with van der Waals surface area (Å²) in [4.78, 5) is 22.2. The van der Waals surface area contributed by atoms with Crippen LogP contribution >= 0.6 is 0 Å². The van der Waals surface area contributed by atoms with Gasteiger partial charge in [-0.2, -0.15) is 0 Å². The van der Waals surface area contributed by atoms with Gasteiger partial charge in [-0.15, -0.1) is 0 Å². The Bertz CT molecular complexity index is 1110. The fourth-order valence-corrected chi connectivity index (χ4v) is 5.66. The molecule has 2 N–H and O–H groups in total. The summed E-state index contributed by atoms with van der Waals surface area (Å²) in [6, 6.07) is 12.4. The Hall–Kier alpha value is -3.10. The monoisotopic (exact) mass is 478 g/mol. The van der Waals surface area contributed by atoms with Crippen LogP contribution in [0.4, 0.5) is 5.69 Å². The van der Waals surface area contributed by atoms with Crippen molar-refractivity contribution in [3.8, 4) is 11.5 Å². The molecule has 0 aromatic heterocycles. The van der Waals surface area contributed by atoms with E-state index in [-0.39, 0.29) is 24.5 Å². The third kappa shape index (κ3) is 4.86. The second kappa shape index (κ2) is 10.3. The Morgan fingerprint density at radius 2 is 1.89 bits per heavy atom. The molecule has 8 heteroatoms. The Balaban J connectivity index is 1.16. The summed E-state index contributed by atoms with van der Waals surface area (Å²) in [7, 11) is 3.33. The molecule has 0 spiro atoms. The number of piperazine rings is 1. The maximum Gasteiger partial charge on any atom is 0.239 e. The highest BCUT2D eigenvalue weighted by atomic mass is 16.5. The highest BCUT2D eigenvalue weighted by molar-refractivity contribution is 6.00. The van der Waals surface area contributed by atoms with Crippen molar-refractivity contribution in [3.63, 3.8) is 0 Å². The van der Waals surface area contributed by atoms with Crippen molar-refractivity contribution in [2.24, 2.45) is 4.99 Å². The van der Waals surface area contributed by atoms with Gasteiger partial charge in [0, 0.05) is 44.1 Å². The molecule has 1 amide bonds. The number of hydrogen-bond donors (Lipinski definition) is 2. The van der Waals surface area contributed by atoms with Crippen molar-refractivity contribution in [2.75, 3.05) is 51.8 Å². The van der Waals surface area contributed by atoms with E-state index in [0.717, 1.165) is 74.0 Å². The third-order valence-electron chi connectivity index (χ3n) is 7.47. The number of aliphatic hydroxyl groups excluding tert-OH is 1. The van der Waals surface area contributed by atoms with E-state index >= 15 is 0 Å². The van der Waals surface area contributed by atoms with E-state index in [2.05, 4.69) is 33.3 Å². The molecule has 1 saturated heterocycles. The number of nitrogens with one attached hydrogen (secondary N) is 1. The molecule has 35 heavy (non-hydrogen) atoms. The summed E-state index contributed by atoms with van der Waals surface area (Å²) in [5.74, 6) is 2.64. The number of para-hydroxylation sites is 2. The van der Waals surface area contributed by atoms with E-state index in [4.69, 9.17) is 14.5 Å². The van der Waals surface area contributed by atoms with Crippen LogP contribution in [0, 0.1) is 0 Å². The molecule has 2 heterocycles. The number of nitrogens with zero attached hydrogens (tertiary/aromatic N) is 3. The number of carbonyl (C=O) groups excluding carboxylic acids is 1. The van der Waals surface area contributed by atoms with Crippen molar-refractivity contribution >= 4 is 17.4 Å². The number of rotatable bonds is 6. The Kier molecular flexibility index (Phi) is 6.92. The number of anilines is 1. The Labute approximate surface area is 206 Å².